The average Bonchev–Trinajstić information content (AvgIpc) is 2.49. The van der Waals surface area contributed by atoms with Gasteiger partial charge in [0.1, 0.15) is 0 Å². The van der Waals surface area contributed by atoms with E-state index in [2.05, 4.69) is 0 Å². The molecule has 1 rings (SSSR count). The second-order valence-corrected chi connectivity index (χ2v) is 7.37. The minimum Gasteiger partial charge on any atom is -0.453 e. The van der Waals surface area contributed by atoms with Crippen molar-refractivity contribution >= 4 is 11.9 Å². The normalized spacial score (nSPS) is 22.2. The topological polar surface area (TPSA) is 71.1 Å². The predicted molar refractivity (Wildman–Crippen MR) is 79.9 cm³/mol. The highest BCUT2D eigenvalue weighted by atomic mass is 16.9. The van der Waals surface area contributed by atoms with Crippen molar-refractivity contribution < 1.29 is 28.5 Å². The van der Waals surface area contributed by atoms with Crippen LogP contribution in [0.4, 0.5) is 0 Å². The van der Waals surface area contributed by atoms with Crippen molar-refractivity contribution in [2.24, 2.45) is 5.41 Å². The summed E-state index contributed by atoms with van der Waals surface area (Å²) in [7, 11) is 0. The lowest BCUT2D eigenvalue weighted by molar-refractivity contribution is -0.323. The van der Waals surface area contributed by atoms with Crippen LogP contribution in [0.5, 0.6) is 0 Å². The third-order valence-corrected chi connectivity index (χ3v) is 4.39. The predicted octanol–water partition coefficient (Wildman–Crippen LogP) is 2.79. The summed E-state index contributed by atoms with van der Waals surface area (Å²) in [6.07, 6.45) is 0.618. The summed E-state index contributed by atoms with van der Waals surface area (Å²) < 4.78 is 21.6. The Morgan fingerprint density at radius 2 is 1.45 bits per heavy atom. The van der Waals surface area contributed by atoms with Crippen molar-refractivity contribution in [1.29, 1.82) is 0 Å². The van der Waals surface area contributed by atoms with Gasteiger partial charge in [0.25, 0.3) is 0 Å². The first-order valence-electron chi connectivity index (χ1n) is 7.54. The van der Waals surface area contributed by atoms with Gasteiger partial charge in [-0.05, 0) is 48.0 Å². The van der Waals surface area contributed by atoms with Gasteiger partial charge in [-0.3, -0.25) is 4.79 Å². The Bertz CT molecular complexity index is 434. The van der Waals surface area contributed by atoms with E-state index in [0.29, 0.717) is 6.42 Å². The van der Waals surface area contributed by atoms with Crippen LogP contribution in [-0.2, 0) is 28.5 Å². The Kier molecular flexibility index (Phi) is 5.00. The smallest absolute Gasteiger partial charge is 0.348 e. The fraction of sp³-hybridized carbons (Fsp3) is 0.875. The van der Waals surface area contributed by atoms with Crippen molar-refractivity contribution in [3.63, 3.8) is 0 Å². The molecule has 1 saturated heterocycles. The van der Waals surface area contributed by atoms with Gasteiger partial charge in [-0.15, -0.1) is 0 Å². The van der Waals surface area contributed by atoms with Crippen molar-refractivity contribution in [1.82, 2.24) is 0 Å². The summed E-state index contributed by atoms with van der Waals surface area (Å²) >= 11 is 0. The summed E-state index contributed by atoms with van der Waals surface area (Å²) in [4.78, 5) is 23.7. The van der Waals surface area contributed by atoms with E-state index in [9.17, 15) is 9.59 Å². The molecule has 0 aromatic carbocycles. The number of carbonyl (C=O) groups is 2. The monoisotopic (exact) mass is 316 g/mol. The maximum absolute atomic E-state index is 11.9. The van der Waals surface area contributed by atoms with E-state index in [0.717, 1.165) is 0 Å². The molecule has 0 aliphatic carbocycles. The third-order valence-electron chi connectivity index (χ3n) is 4.39. The van der Waals surface area contributed by atoms with Gasteiger partial charge >= 0.3 is 17.9 Å². The number of hydrogen-bond acceptors (Lipinski definition) is 6. The van der Waals surface area contributed by atoms with Gasteiger partial charge in [0, 0.05) is 6.92 Å². The first-order chi connectivity index (χ1) is 9.75. The van der Waals surface area contributed by atoms with E-state index >= 15 is 0 Å². The van der Waals surface area contributed by atoms with E-state index in [1.54, 1.807) is 13.8 Å². The van der Waals surface area contributed by atoms with Crippen LogP contribution in [0.15, 0.2) is 0 Å². The first-order valence-corrected chi connectivity index (χ1v) is 7.54. The molecular weight excluding hydrogens is 288 g/mol. The van der Waals surface area contributed by atoms with E-state index in [1.807, 2.05) is 34.6 Å². The van der Waals surface area contributed by atoms with E-state index < -0.39 is 41.1 Å². The second kappa shape index (κ2) is 5.81. The molecule has 0 N–H and O–H groups in total. The Morgan fingerprint density at radius 1 is 1.00 bits per heavy atom. The summed E-state index contributed by atoms with van der Waals surface area (Å²) in [6.45, 7) is 13.9. The molecule has 6 nitrogen and oxygen atoms in total. The minimum absolute atomic E-state index is 0.439. The molecule has 0 saturated carbocycles. The van der Waals surface area contributed by atoms with Crippen molar-refractivity contribution in [2.45, 2.75) is 79.0 Å². The van der Waals surface area contributed by atoms with Gasteiger partial charge in [-0.25, -0.2) is 4.79 Å². The summed E-state index contributed by atoms with van der Waals surface area (Å²) in [5, 5.41) is 0. The molecule has 128 valence electrons. The first kappa shape index (κ1) is 18.9. The standard InChI is InChI=1S/C16H28O6/c1-9-13(2,3)12(18)19-10-11(17)20-16(8)21-14(4,5)15(6,7)22-16/h9-10H2,1-8H3. The highest BCUT2D eigenvalue weighted by molar-refractivity contribution is 5.79. The van der Waals surface area contributed by atoms with Gasteiger partial charge in [0.2, 0.25) is 0 Å². The van der Waals surface area contributed by atoms with Crippen LogP contribution in [0.2, 0.25) is 0 Å². The van der Waals surface area contributed by atoms with Gasteiger partial charge in [-0.2, -0.15) is 0 Å². The maximum Gasteiger partial charge on any atom is 0.348 e. The van der Waals surface area contributed by atoms with Crippen LogP contribution in [0.1, 0.15) is 61.8 Å². The molecule has 6 heteroatoms. The van der Waals surface area contributed by atoms with Crippen LogP contribution >= 0.6 is 0 Å². The number of hydrogen-bond donors (Lipinski definition) is 0. The third kappa shape index (κ3) is 3.98. The van der Waals surface area contributed by atoms with Gasteiger partial charge < -0.3 is 18.9 Å². The molecule has 0 aromatic rings. The molecule has 0 unspecified atom stereocenters. The van der Waals surface area contributed by atoms with Crippen molar-refractivity contribution in [3.8, 4) is 0 Å². The largest absolute Gasteiger partial charge is 0.453 e. The number of esters is 2. The molecule has 22 heavy (non-hydrogen) atoms. The highest BCUT2D eigenvalue weighted by Crippen LogP contribution is 2.44. The Hall–Kier alpha value is -1.14. The number of ether oxygens (including phenoxy) is 4. The Balaban J connectivity index is 2.58. The summed E-state index contributed by atoms with van der Waals surface area (Å²) in [6, 6.07) is 0. The molecule has 0 spiro atoms. The zero-order valence-electron chi connectivity index (χ0n) is 14.9. The lowest BCUT2D eigenvalue weighted by Gasteiger charge is -2.29. The van der Waals surface area contributed by atoms with Crippen molar-refractivity contribution in [2.75, 3.05) is 6.61 Å². The van der Waals surface area contributed by atoms with Gasteiger partial charge in [0.15, 0.2) is 6.61 Å². The van der Waals surface area contributed by atoms with Crippen molar-refractivity contribution in [3.05, 3.63) is 0 Å². The Morgan fingerprint density at radius 3 is 1.86 bits per heavy atom. The molecule has 1 fully saturated rings. The van der Waals surface area contributed by atoms with Crippen LogP contribution in [-0.4, -0.2) is 35.7 Å². The lowest BCUT2D eigenvalue weighted by atomic mass is 9.90. The van der Waals surface area contributed by atoms with Crippen LogP contribution < -0.4 is 0 Å². The minimum atomic E-state index is -1.49. The molecule has 0 amide bonds. The van der Waals surface area contributed by atoms with E-state index in [1.165, 1.54) is 6.92 Å². The van der Waals surface area contributed by atoms with Crippen LogP contribution in [0.3, 0.4) is 0 Å². The van der Waals surface area contributed by atoms with Crippen LogP contribution in [0.25, 0.3) is 0 Å². The maximum atomic E-state index is 11.9. The van der Waals surface area contributed by atoms with Gasteiger partial charge in [-0.1, -0.05) is 6.92 Å². The molecular formula is C16H28O6. The SMILES string of the molecule is CCC(C)(C)C(=O)OCC(=O)OC1(C)OC(C)(C)C(C)(C)O1. The molecule has 0 bridgehead atoms. The van der Waals surface area contributed by atoms with E-state index in [4.69, 9.17) is 18.9 Å². The Labute approximate surface area is 132 Å². The zero-order chi connectivity index (χ0) is 17.4. The fourth-order valence-corrected chi connectivity index (χ4v) is 1.94. The number of carbonyl (C=O) groups excluding carboxylic acids is 2. The molecule has 0 radical (unpaired) electrons. The average molecular weight is 316 g/mol. The molecule has 0 atom stereocenters. The summed E-state index contributed by atoms with van der Waals surface area (Å²) in [5.74, 6) is -2.64. The highest BCUT2D eigenvalue weighted by Gasteiger charge is 2.57. The molecule has 0 aromatic heterocycles. The molecule has 1 aliphatic rings. The summed E-state index contributed by atoms with van der Waals surface area (Å²) in [5.41, 5.74) is -1.87. The molecule has 1 heterocycles. The quantitative estimate of drug-likeness (QED) is 0.726. The number of rotatable bonds is 5. The van der Waals surface area contributed by atoms with E-state index in [-0.39, 0.29) is 0 Å². The molecule has 1 aliphatic heterocycles. The second-order valence-electron chi connectivity index (χ2n) is 7.37. The van der Waals surface area contributed by atoms with Gasteiger partial charge in [0.05, 0.1) is 16.6 Å². The van der Waals surface area contributed by atoms with Crippen LogP contribution in [0, 0.1) is 5.41 Å². The fourth-order valence-electron chi connectivity index (χ4n) is 1.94. The lowest BCUT2D eigenvalue weighted by Crippen LogP contribution is -2.41. The zero-order valence-corrected chi connectivity index (χ0v) is 14.9.